The van der Waals surface area contributed by atoms with E-state index in [2.05, 4.69) is 27.2 Å². The number of nitrogens with one attached hydrogen (secondary N) is 1. The highest BCUT2D eigenvalue weighted by Crippen LogP contribution is 2.22. The van der Waals surface area contributed by atoms with Crippen molar-refractivity contribution in [2.45, 2.75) is 18.9 Å². The highest BCUT2D eigenvalue weighted by molar-refractivity contribution is 7.80. The molecule has 0 aromatic heterocycles. The second kappa shape index (κ2) is 7.84. The van der Waals surface area contributed by atoms with Crippen LogP contribution in [0, 0.1) is 0 Å². The lowest BCUT2D eigenvalue weighted by Gasteiger charge is -2.37. The lowest BCUT2D eigenvalue weighted by Crippen LogP contribution is -2.52. The molecule has 1 N–H and O–H groups in total. The average molecular weight is 335 g/mol. The molecular weight excluding hydrogens is 310 g/mol. The molecule has 0 radical (unpaired) electrons. The van der Waals surface area contributed by atoms with Gasteiger partial charge < -0.3 is 24.6 Å². The Morgan fingerprint density at radius 3 is 2.87 bits per heavy atom. The van der Waals surface area contributed by atoms with E-state index in [4.69, 9.17) is 21.7 Å². The van der Waals surface area contributed by atoms with Gasteiger partial charge >= 0.3 is 0 Å². The number of ether oxygens (including phenoxy) is 2. The highest BCUT2D eigenvalue weighted by Gasteiger charge is 2.21. The molecule has 1 atom stereocenters. The number of benzene rings is 1. The number of hydrogen-bond donors (Lipinski definition) is 1. The summed E-state index contributed by atoms with van der Waals surface area (Å²) in [4.78, 5) is 4.63. The molecule has 0 amide bonds. The van der Waals surface area contributed by atoms with Gasteiger partial charge in [-0.05, 0) is 37.2 Å². The molecule has 0 bridgehead atoms. The molecular formula is C17H25N3O2S. The Balaban J connectivity index is 1.46. The largest absolute Gasteiger partial charge is 0.497 e. The molecule has 0 unspecified atom stereocenters. The van der Waals surface area contributed by atoms with Gasteiger partial charge in [0.15, 0.2) is 5.11 Å². The van der Waals surface area contributed by atoms with E-state index in [-0.39, 0.29) is 0 Å². The lowest BCUT2D eigenvalue weighted by atomic mass is 10.2. The van der Waals surface area contributed by atoms with Crippen molar-refractivity contribution < 1.29 is 9.47 Å². The Labute approximate surface area is 143 Å². The van der Waals surface area contributed by atoms with Gasteiger partial charge in [0.25, 0.3) is 0 Å². The van der Waals surface area contributed by atoms with Crippen LogP contribution in [0.2, 0.25) is 0 Å². The SMILES string of the molecule is COc1cccc(N2CCN(C(=S)NC[C@H]3CCCO3)CC2)c1. The molecule has 1 aromatic carbocycles. The maximum absolute atomic E-state index is 5.63. The van der Waals surface area contributed by atoms with Crippen molar-refractivity contribution in [1.82, 2.24) is 10.2 Å². The van der Waals surface area contributed by atoms with Crippen LogP contribution in [-0.2, 0) is 4.74 Å². The van der Waals surface area contributed by atoms with Gasteiger partial charge in [-0.2, -0.15) is 0 Å². The zero-order chi connectivity index (χ0) is 16.1. The number of rotatable bonds is 4. The summed E-state index contributed by atoms with van der Waals surface area (Å²) in [7, 11) is 1.70. The van der Waals surface area contributed by atoms with E-state index >= 15 is 0 Å². The fraction of sp³-hybridized carbons (Fsp3) is 0.588. The molecule has 1 aromatic rings. The van der Waals surface area contributed by atoms with Crippen molar-refractivity contribution in [2.24, 2.45) is 0 Å². The van der Waals surface area contributed by atoms with Crippen LogP contribution in [0.25, 0.3) is 0 Å². The lowest BCUT2D eigenvalue weighted by molar-refractivity contribution is 0.113. The third-order valence-electron chi connectivity index (χ3n) is 4.49. The minimum atomic E-state index is 0.325. The minimum absolute atomic E-state index is 0.325. The first-order chi connectivity index (χ1) is 11.3. The first-order valence-corrected chi connectivity index (χ1v) is 8.70. The van der Waals surface area contributed by atoms with E-state index in [1.165, 1.54) is 12.1 Å². The number of methoxy groups -OCH3 is 1. The molecule has 0 spiro atoms. The summed E-state index contributed by atoms with van der Waals surface area (Å²) in [6, 6.07) is 8.23. The van der Waals surface area contributed by atoms with Crippen LogP contribution in [0.1, 0.15) is 12.8 Å². The fourth-order valence-electron chi connectivity index (χ4n) is 3.09. The number of anilines is 1. The van der Waals surface area contributed by atoms with E-state index < -0.39 is 0 Å². The van der Waals surface area contributed by atoms with Crippen LogP contribution in [0.5, 0.6) is 5.75 Å². The third-order valence-corrected chi connectivity index (χ3v) is 4.89. The van der Waals surface area contributed by atoms with E-state index in [9.17, 15) is 0 Å². The number of hydrogen-bond acceptors (Lipinski definition) is 4. The molecule has 3 rings (SSSR count). The van der Waals surface area contributed by atoms with Gasteiger partial charge in [-0.3, -0.25) is 0 Å². The topological polar surface area (TPSA) is 37.0 Å². The van der Waals surface area contributed by atoms with Crippen LogP contribution in [0.4, 0.5) is 5.69 Å². The maximum Gasteiger partial charge on any atom is 0.169 e. The average Bonchev–Trinajstić information content (AvgIpc) is 3.13. The van der Waals surface area contributed by atoms with E-state index in [1.807, 2.05) is 12.1 Å². The molecule has 2 aliphatic heterocycles. The van der Waals surface area contributed by atoms with Crippen LogP contribution < -0.4 is 15.0 Å². The third kappa shape index (κ3) is 4.26. The second-order valence-corrected chi connectivity index (χ2v) is 6.38. The molecule has 2 heterocycles. The van der Waals surface area contributed by atoms with Gasteiger partial charge in [-0.25, -0.2) is 0 Å². The molecule has 126 valence electrons. The summed E-state index contributed by atoms with van der Waals surface area (Å²) in [5.74, 6) is 0.902. The van der Waals surface area contributed by atoms with Gasteiger partial charge in [0.05, 0.1) is 13.2 Å². The number of piperazine rings is 1. The van der Waals surface area contributed by atoms with Gasteiger partial charge in [0.2, 0.25) is 0 Å². The quantitative estimate of drug-likeness (QED) is 0.847. The van der Waals surface area contributed by atoms with Crippen molar-refractivity contribution in [2.75, 3.05) is 51.3 Å². The molecule has 23 heavy (non-hydrogen) atoms. The van der Waals surface area contributed by atoms with Gasteiger partial charge in [0, 0.05) is 51.1 Å². The Morgan fingerprint density at radius 1 is 1.35 bits per heavy atom. The predicted octanol–water partition coefficient (Wildman–Crippen LogP) is 1.87. The molecule has 2 fully saturated rings. The van der Waals surface area contributed by atoms with Crippen LogP contribution >= 0.6 is 12.2 Å². The molecule has 2 saturated heterocycles. The van der Waals surface area contributed by atoms with Crippen LogP contribution in [0.15, 0.2) is 24.3 Å². The number of thiocarbonyl (C=S) groups is 1. The first kappa shape index (κ1) is 16.3. The highest BCUT2D eigenvalue weighted by atomic mass is 32.1. The zero-order valence-corrected chi connectivity index (χ0v) is 14.5. The Hall–Kier alpha value is -1.53. The van der Waals surface area contributed by atoms with Gasteiger partial charge in [0.1, 0.15) is 5.75 Å². The van der Waals surface area contributed by atoms with E-state index in [0.717, 1.165) is 56.6 Å². The number of nitrogens with zero attached hydrogens (tertiary/aromatic N) is 2. The fourth-order valence-corrected chi connectivity index (χ4v) is 3.36. The van der Waals surface area contributed by atoms with Crippen molar-refractivity contribution >= 4 is 23.0 Å². The molecule has 0 saturated carbocycles. The molecule has 2 aliphatic rings. The smallest absolute Gasteiger partial charge is 0.169 e. The van der Waals surface area contributed by atoms with Gasteiger partial charge in [-0.15, -0.1) is 0 Å². The zero-order valence-electron chi connectivity index (χ0n) is 13.7. The van der Waals surface area contributed by atoms with Crippen molar-refractivity contribution in [3.63, 3.8) is 0 Å². The van der Waals surface area contributed by atoms with Crippen molar-refractivity contribution in [3.8, 4) is 5.75 Å². The van der Waals surface area contributed by atoms with Crippen LogP contribution in [-0.4, -0.2) is 62.6 Å². The minimum Gasteiger partial charge on any atom is -0.497 e. The normalized spacial score (nSPS) is 21.3. The van der Waals surface area contributed by atoms with E-state index in [0.29, 0.717) is 6.10 Å². The maximum atomic E-state index is 5.63. The summed E-state index contributed by atoms with van der Waals surface area (Å²) in [6.45, 7) is 5.53. The van der Waals surface area contributed by atoms with E-state index in [1.54, 1.807) is 7.11 Å². The summed E-state index contributed by atoms with van der Waals surface area (Å²) in [6.07, 6.45) is 2.63. The summed E-state index contributed by atoms with van der Waals surface area (Å²) in [5, 5.41) is 4.21. The summed E-state index contributed by atoms with van der Waals surface area (Å²) in [5.41, 5.74) is 1.21. The van der Waals surface area contributed by atoms with Crippen molar-refractivity contribution in [1.29, 1.82) is 0 Å². The van der Waals surface area contributed by atoms with Crippen LogP contribution in [0.3, 0.4) is 0 Å². The molecule has 5 nitrogen and oxygen atoms in total. The molecule has 0 aliphatic carbocycles. The first-order valence-electron chi connectivity index (χ1n) is 8.29. The Bertz CT molecular complexity index is 526. The monoisotopic (exact) mass is 335 g/mol. The van der Waals surface area contributed by atoms with Crippen molar-refractivity contribution in [3.05, 3.63) is 24.3 Å². The summed E-state index contributed by atoms with van der Waals surface area (Å²) < 4.78 is 10.9. The predicted molar refractivity (Wildman–Crippen MR) is 96.4 cm³/mol. The van der Waals surface area contributed by atoms with Gasteiger partial charge in [-0.1, -0.05) is 6.07 Å². The Kier molecular flexibility index (Phi) is 5.56. The Morgan fingerprint density at radius 2 is 2.17 bits per heavy atom. The molecule has 6 heteroatoms. The standard InChI is InChI=1S/C17H25N3O2S/c1-21-15-5-2-4-14(12-15)19-7-9-20(10-8-19)17(23)18-13-16-6-3-11-22-16/h2,4-5,12,16H,3,6-11,13H2,1H3,(H,18,23)/t16-/m1/s1. The summed E-state index contributed by atoms with van der Waals surface area (Å²) >= 11 is 5.52. The second-order valence-electron chi connectivity index (χ2n) is 6.00.